The summed E-state index contributed by atoms with van der Waals surface area (Å²) < 4.78 is 14.3. The number of aliphatic hydroxyl groups excluding tert-OH is 1. The number of rotatable bonds is 6. The second-order valence-corrected chi connectivity index (χ2v) is 7.42. The number of aliphatic hydroxyl groups is 1. The molecule has 7 heteroatoms. The van der Waals surface area contributed by atoms with Gasteiger partial charge in [0, 0.05) is 19.3 Å². The third kappa shape index (κ3) is 4.22. The summed E-state index contributed by atoms with van der Waals surface area (Å²) in [6, 6.07) is 10.9. The van der Waals surface area contributed by atoms with Gasteiger partial charge in [0.25, 0.3) is 0 Å². The summed E-state index contributed by atoms with van der Waals surface area (Å²) >= 11 is 5.76. The van der Waals surface area contributed by atoms with Gasteiger partial charge in [0.05, 0.1) is 11.1 Å². The van der Waals surface area contributed by atoms with Crippen molar-refractivity contribution in [2.45, 2.75) is 31.8 Å². The molecule has 0 unspecified atom stereocenters. The van der Waals surface area contributed by atoms with Gasteiger partial charge in [-0.1, -0.05) is 41.9 Å². The fourth-order valence-electron chi connectivity index (χ4n) is 3.72. The number of benzene rings is 1. The highest BCUT2D eigenvalue weighted by Crippen LogP contribution is 2.38. The van der Waals surface area contributed by atoms with Crippen molar-refractivity contribution in [2.24, 2.45) is 5.41 Å². The number of anilines is 1. The minimum absolute atomic E-state index is 0.00381. The summed E-state index contributed by atoms with van der Waals surface area (Å²) in [7, 11) is 0. The predicted octanol–water partition coefficient (Wildman–Crippen LogP) is 3.54. The van der Waals surface area contributed by atoms with Crippen LogP contribution in [0.2, 0.25) is 5.02 Å². The number of carboxylic acid groups (broad SMARTS) is 1. The Hall–Kier alpha value is -2.18. The summed E-state index contributed by atoms with van der Waals surface area (Å²) in [4.78, 5) is 17.7. The Morgan fingerprint density at radius 2 is 2.11 bits per heavy atom. The van der Waals surface area contributed by atoms with Crippen molar-refractivity contribution in [3.8, 4) is 0 Å². The molecule has 2 heterocycles. The number of aromatic nitrogens is 1. The molecule has 0 amide bonds. The molecule has 3 rings (SSSR count). The lowest BCUT2D eigenvalue weighted by Crippen LogP contribution is -2.56. The van der Waals surface area contributed by atoms with Crippen molar-refractivity contribution in [3.05, 3.63) is 59.0 Å². The van der Waals surface area contributed by atoms with Crippen LogP contribution in [-0.4, -0.2) is 40.4 Å². The van der Waals surface area contributed by atoms with Crippen molar-refractivity contribution in [2.75, 3.05) is 18.0 Å². The van der Waals surface area contributed by atoms with Gasteiger partial charge in [-0.2, -0.15) is 0 Å². The lowest BCUT2D eigenvalue weighted by atomic mass is 9.73. The van der Waals surface area contributed by atoms with Crippen LogP contribution < -0.4 is 4.90 Å². The molecular formula is C20H22ClFN2O3. The Morgan fingerprint density at radius 3 is 2.78 bits per heavy atom. The van der Waals surface area contributed by atoms with Crippen LogP contribution in [0.4, 0.5) is 10.2 Å². The molecule has 0 radical (unpaired) electrons. The van der Waals surface area contributed by atoms with Crippen LogP contribution >= 0.6 is 11.6 Å². The summed E-state index contributed by atoms with van der Waals surface area (Å²) in [5, 5.41) is 20.6. The molecule has 1 aliphatic rings. The first kappa shape index (κ1) is 19.6. The first-order chi connectivity index (χ1) is 12.9. The van der Waals surface area contributed by atoms with Crippen LogP contribution in [0.25, 0.3) is 0 Å². The van der Waals surface area contributed by atoms with E-state index in [9.17, 15) is 19.4 Å². The van der Waals surface area contributed by atoms with Gasteiger partial charge in [0.1, 0.15) is 5.41 Å². The van der Waals surface area contributed by atoms with Crippen LogP contribution in [-0.2, 0) is 11.2 Å². The SMILES string of the molecule is O=C(O)[C@]1(CCCc2ccccc2)CN(c2ncc(Cl)cc2F)CC[C@H]1O. The molecule has 0 aliphatic carbocycles. The van der Waals surface area contributed by atoms with Gasteiger partial charge in [-0.15, -0.1) is 0 Å². The maximum atomic E-state index is 14.3. The lowest BCUT2D eigenvalue weighted by Gasteiger charge is -2.44. The fraction of sp³-hybridized carbons (Fsp3) is 0.400. The van der Waals surface area contributed by atoms with Crippen molar-refractivity contribution in [1.29, 1.82) is 0 Å². The number of aliphatic carboxylic acids is 1. The summed E-state index contributed by atoms with van der Waals surface area (Å²) in [6.45, 7) is 0.338. The maximum absolute atomic E-state index is 14.3. The van der Waals surface area contributed by atoms with Crippen LogP contribution in [0.3, 0.4) is 0 Å². The highest BCUT2D eigenvalue weighted by Gasteiger charge is 2.49. The Morgan fingerprint density at radius 1 is 1.37 bits per heavy atom. The van der Waals surface area contributed by atoms with Gasteiger partial charge in [-0.3, -0.25) is 4.79 Å². The summed E-state index contributed by atoms with van der Waals surface area (Å²) in [5.41, 5.74) is -0.244. The molecule has 27 heavy (non-hydrogen) atoms. The number of hydrogen-bond donors (Lipinski definition) is 2. The van der Waals surface area contributed by atoms with Crippen LogP contribution in [0, 0.1) is 11.2 Å². The number of carboxylic acids is 1. The third-order valence-corrected chi connectivity index (χ3v) is 5.44. The standard InChI is InChI=1S/C20H22ClFN2O3/c21-15-11-16(22)18(23-12-15)24-10-8-17(25)20(13-24,19(26)27)9-4-7-14-5-2-1-3-6-14/h1-3,5-6,11-12,17,25H,4,7-10,13H2,(H,26,27)/t17-,20-/m1/s1. The molecular weight excluding hydrogens is 371 g/mol. The van der Waals surface area contributed by atoms with Gasteiger partial charge < -0.3 is 15.1 Å². The summed E-state index contributed by atoms with van der Waals surface area (Å²) in [5.74, 6) is -1.59. The second kappa shape index (κ2) is 8.23. The molecule has 5 nitrogen and oxygen atoms in total. The molecule has 0 spiro atoms. The maximum Gasteiger partial charge on any atom is 0.314 e. The van der Waals surface area contributed by atoms with Crippen molar-refractivity contribution >= 4 is 23.4 Å². The molecule has 2 atom stereocenters. The largest absolute Gasteiger partial charge is 0.481 e. The van der Waals surface area contributed by atoms with E-state index in [1.54, 1.807) is 4.90 Å². The van der Waals surface area contributed by atoms with E-state index < -0.39 is 23.3 Å². The van der Waals surface area contributed by atoms with Gasteiger partial charge >= 0.3 is 5.97 Å². The van der Waals surface area contributed by atoms with Crippen LogP contribution in [0.1, 0.15) is 24.8 Å². The van der Waals surface area contributed by atoms with Crippen molar-refractivity contribution < 1.29 is 19.4 Å². The third-order valence-electron chi connectivity index (χ3n) is 5.23. The number of aryl methyl sites for hydroxylation is 1. The zero-order valence-electron chi connectivity index (χ0n) is 14.8. The fourth-order valence-corrected chi connectivity index (χ4v) is 3.86. The normalized spacial score (nSPS) is 22.6. The Kier molecular flexibility index (Phi) is 5.97. The van der Waals surface area contributed by atoms with Crippen molar-refractivity contribution in [1.82, 2.24) is 4.98 Å². The second-order valence-electron chi connectivity index (χ2n) is 6.99. The van der Waals surface area contributed by atoms with E-state index in [4.69, 9.17) is 11.6 Å². The molecule has 1 aromatic carbocycles. The molecule has 144 valence electrons. The van der Waals surface area contributed by atoms with Gasteiger partial charge in [0.15, 0.2) is 11.6 Å². The number of carbonyl (C=O) groups is 1. The first-order valence-corrected chi connectivity index (χ1v) is 9.31. The monoisotopic (exact) mass is 392 g/mol. The number of nitrogens with zero attached hydrogens (tertiary/aromatic N) is 2. The highest BCUT2D eigenvalue weighted by molar-refractivity contribution is 6.30. The molecule has 0 saturated carbocycles. The molecule has 1 saturated heterocycles. The quantitative estimate of drug-likeness (QED) is 0.786. The number of pyridine rings is 1. The van der Waals surface area contributed by atoms with E-state index in [1.165, 1.54) is 6.20 Å². The van der Waals surface area contributed by atoms with E-state index in [-0.39, 0.29) is 23.8 Å². The average Bonchev–Trinajstić information content (AvgIpc) is 2.64. The van der Waals surface area contributed by atoms with Crippen LogP contribution in [0.5, 0.6) is 0 Å². The van der Waals surface area contributed by atoms with Gasteiger partial charge in [-0.25, -0.2) is 9.37 Å². The highest BCUT2D eigenvalue weighted by atomic mass is 35.5. The molecule has 2 aromatic rings. The molecule has 1 aromatic heterocycles. The Labute approximate surface area is 162 Å². The molecule has 2 N–H and O–H groups in total. The van der Waals surface area contributed by atoms with E-state index in [0.717, 1.165) is 18.1 Å². The number of halogens is 2. The van der Waals surface area contributed by atoms with Gasteiger partial charge in [-0.05, 0) is 37.3 Å². The first-order valence-electron chi connectivity index (χ1n) is 8.94. The Balaban J connectivity index is 1.78. The van der Waals surface area contributed by atoms with Crippen LogP contribution in [0.15, 0.2) is 42.6 Å². The van der Waals surface area contributed by atoms with Crippen molar-refractivity contribution in [3.63, 3.8) is 0 Å². The predicted molar refractivity (Wildman–Crippen MR) is 101 cm³/mol. The average molecular weight is 393 g/mol. The number of piperidine rings is 1. The molecule has 1 fully saturated rings. The smallest absolute Gasteiger partial charge is 0.314 e. The van der Waals surface area contributed by atoms with E-state index in [2.05, 4.69) is 4.98 Å². The van der Waals surface area contributed by atoms with E-state index >= 15 is 0 Å². The van der Waals surface area contributed by atoms with Gasteiger partial charge in [0.2, 0.25) is 0 Å². The van der Waals surface area contributed by atoms with E-state index in [0.29, 0.717) is 19.4 Å². The Bertz CT molecular complexity index is 805. The minimum Gasteiger partial charge on any atom is -0.481 e. The zero-order valence-corrected chi connectivity index (χ0v) is 15.6. The van der Waals surface area contributed by atoms with E-state index in [1.807, 2.05) is 30.3 Å². The molecule has 1 aliphatic heterocycles. The minimum atomic E-state index is -1.36. The summed E-state index contributed by atoms with van der Waals surface area (Å²) in [6.07, 6.45) is 2.21. The topological polar surface area (TPSA) is 73.7 Å². The molecule has 0 bridgehead atoms. The number of hydrogen-bond acceptors (Lipinski definition) is 4. The lowest BCUT2D eigenvalue weighted by molar-refractivity contribution is -0.158. The zero-order chi connectivity index (χ0) is 19.4.